The van der Waals surface area contributed by atoms with E-state index in [0.29, 0.717) is 16.9 Å². The lowest BCUT2D eigenvalue weighted by Crippen LogP contribution is -1.99. The number of hydrogen-bond acceptors (Lipinski definition) is 6. The molecule has 0 amide bonds. The van der Waals surface area contributed by atoms with Gasteiger partial charge in [0, 0.05) is 10.4 Å². The van der Waals surface area contributed by atoms with Crippen LogP contribution in [-0.4, -0.2) is 21.7 Å². The number of nitrogens with zero attached hydrogens (tertiary/aromatic N) is 2. The van der Waals surface area contributed by atoms with E-state index >= 15 is 0 Å². The monoisotopic (exact) mass is 330 g/mol. The maximum atomic E-state index is 12.1. The van der Waals surface area contributed by atoms with E-state index in [4.69, 9.17) is 4.42 Å². The van der Waals surface area contributed by atoms with Crippen LogP contribution >= 0.6 is 23.1 Å². The molecule has 0 radical (unpaired) electrons. The number of carbonyl (C=O) groups is 1. The molecule has 22 heavy (non-hydrogen) atoms. The van der Waals surface area contributed by atoms with Crippen molar-refractivity contribution in [1.29, 1.82) is 0 Å². The lowest BCUT2D eigenvalue weighted by atomic mass is 10.2. The van der Waals surface area contributed by atoms with Crippen LogP contribution in [0.3, 0.4) is 0 Å². The summed E-state index contributed by atoms with van der Waals surface area (Å²) in [5.74, 6) is 0.870. The zero-order valence-electron chi connectivity index (χ0n) is 12.0. The number of hydrogen-bond donors (Lipinski definition) is 0. The first-order valence-corrected chi connectivity index (χ1v) is 8.70. The predicted octanol–water partition coefficient (Wildman–Crippen LogP) is 4.34. The van der Waals surface area contributed by atoms with E-state index in [2.05, 4.69) is 17.1 Å². The highest BCUT2D eigenvalue weighted by Crippen LogP contribution is 2.25. The van der Waals surface area contributed by atoms with Crippen molar-refractivity contribution in [2.45, 2.75) is 18.6 Å². The molecule has 0 unspecified atom stereocenters. The Morgan fingerprint density at radius 1 is 1.18 bits per heavy atom. The fourth-order valence-electron chi connectivity index (χ4n) is 1.88. The Balaban J connectivity index is 1.62. The first-order valence-electron chi connectivity index (χ1n) is 6.90. The van der Waals surface area contributed by atoms with Crippen molar-refractivity contribution in [3.05, 3.63) is 52.2 Å². The third-order valence-corrected chi connectivity index (χ3v) is 5.13. The summed E-state index contributed by atoms with van der Waals surface area (Å²) in [7, 11) is 0. The van der Waals surface area contributed by atoms with Crippen LogP contribution in [0.1, 0.15) is 21.5 Å². The topological polar surface area (TPSA) is 56.0 Å². The molecule has 0 N–H and O–H groups in total. The van der Waals surface area contributed by atoms with E-state index in [1.165, 1.54) is 16.6 Å². The SMILES string of the molecule is CCc1ccc(C(=O)CSc2nnc(-c3ccccc3)o2)s1. The van der Waals surface area contributed by atoms with Crippen LogP contribution in [-0.2, 0) is 6.42 Å². The second-order valence-corrected chi connectivity index (χ2v) is 6.67. The van der Waals surface area contributed by atoms with Crippen molar-refractivity contribution in [3.8, 4) is 11.5 Å². The summed E-state index contributed by atoms with van der Waals surface area (Å²) < 4.78 is 5.57. The zero-order valence-corrected chi connectivity index (χ0v) is 13.6. The molecule has 0 aliphatic carbocycles. The lowest BCUT2D eigenvalue weighted by molar-refractivity contribution is 0.102. The summed E-state index contributed by atoms with van der Waals surface area (Å²) in [6.07, 6.45) is 0.954. The molecule has 0 aliphatic heterocycles. The number of benzene rings is 1. The molecule has 0 atom stereocenters. The zero-order chi connectivity index (χ0) is 15.4. The van der Waals surface area contributed by atoms with Crippen molar-refractivity contribution in [2.75, 3.05) is 5.75 Å². The van der Waals surface area contributed by atoms with Crippen molar-refractivity contribution in [1.82, 2.24) is 10.2 Å². The summed E-state index contributed by atoms with van der Waals surface area (Å²) in [5.41, 5.74) is 0.874. The molecule has 0 spiro atoms. The van der Waals surface area contributed by atoms with Gasteiger partial charge in [-0.25, -0.2) is 0 Å². The number of aromatic nitrogens is 2. The lowest BCUT2D eigenvalue weighted by Gasteiger charge is -1.95. The molecule has 4 nitrogen and oxygen atoms in total. The molecule has 0 saturated heterocycles. The number of aryl methyl sites for hydroxylation is 1. The summed E-state index contributed by atoms with van der Waals surface area (Å²) >= 11 is 2.82. The third kappa shape index (κ3) is 3.45. The second kappa shape index (κ2) is 6.89. The second-order valence-electron chi connectivity index (χ2n) is 4.57. The Bertz CT molecular complexity index is 765. The molecular formula is C16H14N2O2S2. The Labute approximate surface area is 136 Å². The molecule has 6 heteroatoms. The van der Waals surface area contributed by atoms with Gasteiger partial charge in [0.15, 0.2) is 5.78 Å². The molecule has 112 valence electrons. The van der Waals surface area contributed by atoms with Gasteiger partial charge < -0.3 is 4.42 Å². The molecular weight excluding hydrogens is 316 g/mol. The Morgan fingerprint density at radius 2 is 2.00 bits per heavy atom. The summed E-state index contributed by atoms with van der Waals surface area (Å²) in [5, 5.41) is 8.40. The van der Waals surface area contributed by atoms with E-state index in [1.807, 2.05) is 42.5 Å². The third-order valence-electron chi connectivity index (χ3n) is 3.04. The van der Waals surface area contributed by atoms with Crippen LogP contribution < -0.4 is 0 Å². The maximum Gasteiger partial charge on any atom is 0.277 e. The average molecular weight is 330 g/mol. The van der Waals surface area contributed by atoms with Crippen molar-refractivity contribution < 1.29 is 9.21 Å². The Morgan fingerprint density at radius 3 is 2.73 bits per heavy atom. The van der Waals surface area contributed by atoms with Crippen LogP contribution in [0.4, 0.5) is 0 Å². The van der Waals surface area contributed by atoms with Crippen molar-refractivity contribution >= 4 is 28.9 Å². The molecule has 0 bridgehead atoms. The Hall–Kier alpha value is -1.92. The highest BCUT2D eigenvalue weighted by atomic mass is 32.2. The van der Waals surface area contributed by atoms with Crippen LogP contribution in [0, 0.1) is 0 Å². The van der Waals surface area contributed by atoms with Gasteiger partial charge in [-0.2, -0.15) is 0 Å². The summed E-state index contributed by atoms with van der Waals surface area (Å²) in [6.45, 7) is 2.08. The number of carbonyl (C=O) groups excluding carboxylic acids is 1. The number of ketones is 1. The van der Waals surface area contributed by atoms with E-state index < -0.39 is 0 Å². The van der Waals surface area contributed by atoms with Gasteiger partial charge in [0.05, 0.1) is 10.6 Å². The van der Waals surface area contributed by atoms with Gasteiger partial charge in [-0.15, -0.1) is 21.5 Å². The molecule has 0 fully saturated rings. The fraction of sp³-hybridized carbons (Fsp3) is 0.188. The molecule has 2 aromatic heterocycles. The molecule has 3 rings (SSSR count). The minimum atomic E-state index is 0.0918. The molecule has 0 saturated carbocycles. The summed E-state index contributed by atoms with van der Waals surface area (Å²) in [4.78, 5) is 14.1. The van der Waals surface area contributed by atoms with Gasteiger partial charge in [0.1, 0.15) is 0 Å². The maximum absolute atomic E-state index is 12.1. The molecule has 1 aromatic carbocycles. The van der Waals surface area contributed by atoms with Gasteiger partial charge in [0.25, 0.3) is 5.22 Å². The smallest absolute Gasteiger partial charge is 0.277 e. The molecule has 0 aliphatic rings. The quantitative estimate of drug-likeness (QED) is 0.497. The van der Waals surface area contributed by atoms with Crippen molar-refractivity contribution in [3.63, 3.8) is 0 Å². The van der Waals surface area contributed by atoms with Gasteiger partial charge in [-0.05, 0) is 30.7 Å². The number of rotatable bonds is 6. The summed E-state index contributed by atoms with van der Waals surface area (Å²) in [6, 6.07) is 13.5. The number of thioether (sulfide) groups is 1. The van der Waals surface area contributed by atoms with Gasteiger partial charge in [0.2, 0.25) is 5.89 Å². The first-order chi connectivity index (χ1) is 10.8. The number of thiophene rings is 1. The van der Waals surface area contributed by atoms with E-state index in [1.54, 1.807) is 11.3 Å². The normalized spacial score (nSPS) is 10.8. The van der Waals surface area contributed by atoms with E-state index in [0.717, 1.165) is 16.9 Å². The molecule has 2 heterocycles. The van der Waals surface area contributed by atoms with Crippen LogP contribution in [0.2, 0.25) is 0 Å². The average Bonchev–Trinajstić information content (AvgIpc) is 3.22. The molecule has 3 aromatic rings. The number of Topliss-reactive ketones (excluding diaryl/α,β-unsaturated/α-hetero) is 1. The van der Waals surface area contributed by atoms with Gasteiger partial charge in [-0.1, -0.05) is 36.9 Å². The van der Waals surface area contributed by atoms with Gasteiger partial charge >= 0.3 is 0 Å². The van der Waals surface area contributed by atoms with Crippen molar-refractivity contribution in [2.24, 2.45) is 0 Å². The van der Waals surface area contributed by atoms with Crippen LogP contribution in [0.5, 0.6) is 0 Å². The first kappa shape index (κ1) is 15.0. The van der Waals surface area contributed by atoms with E-state index in [-0.39, 0.29) is 5.78 Å². The minimum Gasteiger partial charge on any atom is -0.411 e. The van der Waals surface area contributed by atoms with Crippen LogP contribution in [0.25, 0.3) is 11.5 Å². The van der Waals surface area contributed by atoms with E-state index in [9.17, 15) is 4.79 Å². The van der Waals surface area contributed by atoms with Crippen LogP contribution in [0.15, 0.2) is 52.1 Å². The Kier molecular flexibility index (Phi) is 4.70. The highest BCUT2D eigenvalue weighted by molar-refractivity contribution is 7.99. The standard InChI is InChI=1S/C16H14N2O2S2/c1-2-12-8-9-14(22-12)13(19)10-21-16-18-17-15(20-16)11-6-4-3-5-7-11/h3-9H,2,10H2,1H3. The largest absolute Gasteiger partial charge is 0.411 e. The predicted molar refractivity (Wildman–Crippen MR) is 88.5 cm³/mol. The minimum absolute atomic E-state index is 0.0918. The highest BCUT2D eigenvalue weighted by Gasteiger charge is 2.13. The fourth-order valence-corrected chi connectivity index (χ4v) is 3.50. The van der Waals surface area contributed by atoms with Gasteiger partial charge in [-0.3, -0.25) is 4.79 Å².